The molecule has 0 bridgehead atoms. The third-order valence-corrected chi connectivity index (χ3v) is 5.75. The van der Waals surface area contributed by atoms with Crippen LogP contribution in [0.3, 0.4) is 0 Å². The van der Waals surface area contributed by atoms with E-state index >= 15 is 0 Å². The molecule has 2 aliphatic rings. The van der Waals surface area contributed by atoms with Gasteiger partial charge in [0.05, 0.1) is 12.5 Å². The molecule has 30 heavy (non-hydrogen) atoms. The Hall–Kier alpha value is -2.68. The fourth-order valence-corrected chi connectivity index (χ4v) is 4.17. The maximum Gasteiger partial charge on any atom is 0.269 e. The van der Waals surface area contributed by atoms with Crippen LogP contribution in [-0.2, 0) is 22.7 Å². The molecule has 1 fully saturated rings. The molecule has 4 heterocycles. The molecule has 0 aliphatic carbocycles. The number of carbonyl (C=O) groups is 1. The van der Waals surface area contributed by atoms with Crippen LogP contribution >= 0.6 is 0 Å². The molecule has 0 aromatic carbocycles. The van der Waals surface area contributed by atoms with Crippen LogP contribution in [0, 0.1) is 0 Å². The summed E-state index contributed by atoms with van der Waals surface area (Å²) >= 11 is 0. The van der Waals surface area contributed by atoms with Crippen molar-refractivity contribution in [1.29, 1.82) is 0 Å². The van der Waals surface area contributed by atoms with E-state index < -0.39 is 0 Å². The molecule has 9 heteroatoms. The monoisotopic (exact) mass is 413 g/mol. The lowest BCUT2D eigenvalue weighted by atomic mass is 9.88. The molecular weight excluding hydrogens is 382 g/mol. The lowest BCUT2D eigenvalue weighted by Crippen LogP contribution is -2.48. The maximum atomic E-state index is 12.5. The van der Waals surface area contributed by atoms with Crippen molar-refractivity contribution in [3.05, 3.63) is 36.7 Å². The topological polar surface area (TPSA) is 89.6 Å². The van der Waals surface area contributed by atoms with Crippen LogP contribution in [0.25, 0.3) is 0 Å². The highest BCUT2D eigenvalue weighted by atomic mass is 16.7. The zero-order valence-electron chi connectivity index (χ0n) is 17.8. The number of rotatable bonds is 8. The Morgan fingerprint density at radius 3 is 3.07 bits per heavy atom. The van der Waals surface area contributed by atoms with Gasteiger partial charge in [0, 0.05) is 62.8 Å². The number of aromatic nitrogens is 4. The zero-order valence-corrected chi connectivity index (χ0v) is 17.8. The Kier molecular flexibility index (Phi) is 6.17. The van der Waals surface area contributed by atoms with Crippen LogP contribution in [0.5, 0.6) is 0 Å². The van der Waals surface area contributed by atoms with E-state index in [-0.39, 0.29) is 11.5 Å². The predicted octanol–water partition coefficient (Wildman–Crippen LogP) is 1.98. The highest BCUT2D eigenvalue weighted by Gasteiger charge is 2.44. The molecule has 1 atom stereocenters. The van der Waals surface area contributed by atoms with Crippen molar-refractivity contribution < 1.29 is 9.63 Å². The second-order valence-corrected chi connectivity index (χ2v) is 8.64. The van der Waals surface area contributed by atoms with E-state index in [1.807, 2.05) is 21.6 Å². The molecule has 2 aromatic rings. The number of oxime groups is 1. The number of piperidine rings is 1. The van der Waals surface area contributed by atoms with Gasteiger partial charge < -0.3 is 14.7 Å². The largest absolute Gasteiger partial charge is 0.387 e. The summed E-state index contributed by atoms with van der Waals surface area (Å²) < 4.78 is 3.98. The normalized spacial score (nSPS) is 21.8. The third-order valence-electron chi connectivity index (χ3n) is 5.75. The summed E-state index contributed by atoms with van der Waals surface area (Å²) in [5.41, 5.74) is 1.33. The van der Waals surface area contributed by atoms with Crippen molar-refractivity contribution in [1.82, 2.24) is 29.5 Å². The number of hydrogen-bond acceptors (Lipinski definition) is 6. The van der Waals surface area contributed by atoms with E-state index in [0.29, 0.717) is 24.7 Å². The molecule has 0 unspecified atom stereocenters. The number of nitrogens with zero attached hydrogens (tertiary/aromatic N) is 6. The van der Waals surface area contributed by atoms with Crippen LogP contribution in [0.4, 0.5) is 0 Å². The van der Waals surface area contributed by atoms with Gasteiger partial charge in [-0.25, -0.2) is 4.98 Å². The molecule has 0 radical (unpaired) electrons. The summed E-state index contributed by atoms with van der Waals surface area (Å²) in [5.74, 6) is -0.118. The summed E-state index contributed by atoms with van der Waals surface area (Å²) in [6, 6.07) is 0.360. The van der Waals surface area contributed by atoms with E-state index in [0.717, 1.165) is 45.4 Å². The highest BCUT2D eigenvalue weighted by Crippen LogP contribution is 2.34. The second kappa shape index (κ2) is 8.99. The summed E-state index contributed by atoms with van der Waals surface area (Å²) in [5, 5.41) is 11.6. The maximum absolute atomic E-state index is 12.5. The van der Waals surface area contributed by atoms with E-state index in [1.165, 1.54) is 5.56 Å². The van der Waals surface area contributed by atoms with Gasteiger partial charge >= 0.3 is 0 Å². The zero-order chi connectivity index (χ0) is 21.0. The number of nitrogens with one attached hydrogen (secondary N) is 1. The molecule has 1 amide bonds. The molecule has 9 nitrogen and oxygen atoms in total. The van der Waals surface area contributed by atoms with Crippen molar-refractivity contribution in [3.8, 4) is 0 Å². The van der Waals surface area contributed by atoms with Gasteiger partial charge in [0.25, 0.3) is 5.91 Å². The predicted molar refractivity (Wildman–Crippen MR) is 113 cm³/mol. The summed E-state index contributed by atoms with van der Waals surface area (Å²) in [6.45, 7) is 8.33. The van der Waals surface area contributed by atoms with Gasteiger partial charge in [0.1, 0.15) is 5.71 Å². The second-order valence-electron chi connectivity index (χ2n) is 8.64. The fourth-order valence-electron chi connectivity index (χ4n) is 4.17. The molecule has 2 aliphatic heterocycles. The van der Waals surface area contributed by atoms with Gasteiger partial charge in [-0.15, -0.1) is 0 Å². The molecule has 4 rings (SSSR count). The standard InChI is InChI=1S/C21H31N7O2/c1-17(2)28-14-18(12-24-28)13-27-8-3-5-21(15-27)11-19(25-30-21)20(29)23-6-4-9-26-10-7-22-16-26/h7,10,12,14,16-17H,3-6,8-9,11,13,15H2,1-2H3,(H,23,29)/t21-/m0/s1. The van der Waals surface area contributed by atoms with E-state index in [4.69, 9.17) is 4.84 Å². The molecule has 162 valence electrons. The number of hydrogen-bond donors (Lipinski definition) is 1. The van der Waals surface area contributed by atoms with Gasteiger partial charge in [-0.05, 0) is 39.7 Å². The minimum atomic E-state index is -0.379. The quantitative estimate of drug-likeness (QED) is 0.669. The van der Waals surface area contributed by atoms with Gasteiger partial charge in [0.15, 0.2) is 5.60 Å². The lowest BCUT2D eigenvalue weighted by Gasteiger charge is -2.38. The SMILES string of the molecule is CC(C)n1cc(CN2CCC[C@]3(CC(C(=O)NCCCn4ccnc4)=NO3)C2)cn1. The Balaban J connectivity index is 1.24. The third kappa shape index (κ3) is 4.89. The smallest absolute Gasteiger partial charge is 0.269 e. The van der Waals surface area contributed by atoms with E-state index in [2.05, 4.69) is 45.5 Å². The Labute approximate surface area is 177 Å². The Morgan fingerprint density at radius 2 is 2.30 bits per heavy atom. The summed E-state index contributed by atoms with van der Waals surface area (Å²) in [7, 11) is 0. The minimum absolute atomic E-state index is 0.118. The summed E-state index contributed by atoms with van der Waals surface area (Å²) in [6.07, 6.45) is 12.9. The van der Waals surface area contributed by atoms with E-state index in [9.17, 15) is 4.79 Å². The number of aryl methyl sites for hydroxylation is 1. The van der Waals surface area contributed by atoms with Gasteiger partial charge in [-0.1, -0.05) is 5.16 Å². The molecular formula is C21H31N7O2. The average Bonchev–Trinajstić information content (AvgIpc) is 3.47. The molecule has 1 saturated heterocycles. The lowest BCUT2D eigenvalue weighted by molar-refractivity contribution is -0.114. The molecule has 1 spiro atoms. The Bertz CT molecular complexity index is 874. The number of imidazole rings is 1. The molecule has 0 saturated carbocycles. The first-order valence-electron chi connectivity index (χ1n) is 10.8. The van der Waals surface area contributed by atoms with Crippen LogP contribution < -0.4 is 5.32 Å². The van der Waals surface area contributed by atoms with E-state index in [1.54, 1.807) is 12.5 Å². The molecule has 2 aromatic heterocycles. The van der Waals surface area contributed by atoms with Crippen molar-refractivity contribution in [3.63, 3.8) is 0 Å². The number of likely N-dealkylation sites (tertiary alicyclic amines) is 1. The van der Waals surface area contributed by atoms with Crippen molar-refractivity contribution in [2.45, 2.75) is 64.3 Å². The molecule has 1 N–H and O–H groups in total. The average molecular weight is 414 g/mol. The first-order chi connectivity index (χ1) is 14.5. The fraction of sp³-hybridized carbons (Fsp3) is 0.619. The highest BCUT2D eigenvalue weighted by molar-refractivity contribution is 6.39. The Morgan fingerprint density at radius 1 is 1.40 bits per heavy atom. The van der Waals surface area contributed by atoms with Gasteiger partial charge in [0.2, 0.25) is 0 Å². The number of carbonyl (C=O) groups excluding carboxylic acids is 1. The van der Waals surface area contributed by atoms with Crippen molar-refractivity contribution in [2.75, 3.05) is 19.6 Å². The van der Waals surface area contributed by atoms with Crippen LogP contribution in [0.1, 0.15) is 51.1 Å². The first kappa shape index (κ1) is 20.6. The van der Waals surface area contributed by atoms with Crippen molar-refractivity contribution in [2.24, 2.45) is 5.16 Å². The van der Waals surface area contributed by atoms with Crippen molar-refractivity contribution >= 4 is 11.6 Å². The minimum Gasteiger partial charge on any atom is -0.387 e. The van der Waals surface area contributed by atoms with Gasteiger partial charge in [-0.3, -0.25) is 14.4 Å². The van der Waals surface area contributed by atoms with Gasteiger partial charge in [-0.2, -0.15) is 5.10 Å². The van der Waals surface area contributed by atoms with Crippen LogP contribution in [0.15, 0.2) is 36.3 Å². The first-order valence-corrected chi connectivity index (χ1v) is 10.8. The van der Waals surface area contributed by atoms with Crippen LogP contribution in [0.2, 0.25) is 0 Å². The number of amides is 1. The summed E-state index contributed by atoms with van der Waals surface area (Å²) in [4.78, 5) is 24.8. The van der Waals surface area contributed by atoms with Crippen LogP contribution in [-0.4, -0.2) is 61.1 Å².